The quantitative estimate of drug-likeness (QED) is 0.820. The van der Waals surface area contributed by atoms with Gasteiger partial charge in [-0.3, -0.25) is 9.59 Å². The lowest BCUT2D eigenvalue weighted by atomic mass is 9.93. The first kappa shape index (κ1) is 17.3. The molecule has 1 aliphatic heterocycles. The molecule has 2 amide bonds. The highest BCUT2D eigenvalue weighted by molar-refractivity contribution is 5.96. The van der Waals surface area contributed by atoms with Crippen LogP contribution in [0.15, 0.2) is 42.5 Å². The molecule has 0 spiro atoms. The molecule has 27 heavy (non-hydrogen) atoms. The Hall–Kier alpha value is -3.09. The Balaban J connectivity index is 1.34. The van der Waals surface area contributed by atoms with Gasteiger partial charge in [0, 0.05) is 11.8 Å². The molecule has 0 aromatic heterocycles. The molecule has 140 valence electrons. The van der Waals surface area contributed by atoms with Crippen LogP contribution >= 0.6 is 0 Å². The van der Waals surface area contributed by atoms with Crippen LogP contribution in [0.5, 0.6) is 11.5 Å². The first-order valence-electron chi connectivity index (χ1n) is 8.83. The SMILES string of the molecule is O=C(CNC(=O)C(c1ccc(F)cc1)C1CC1)Nc1ccc2c(c1)OCO2. The van der Waals surface area contributed by atoms with Crippen LogP contribution in [0.4, 0.5) is 10.1 Å². The van der Waals surface area contributed by atoms with Crippen molar-refractivity contribution in [3.05, 3.63) is 53.8 Å². The third-order valence-electron chi connectivity index (χ3n) is 4.68. The molecule has 1 saturated carbocycles. The van der Waals surface area contributed by atoms with Crippen LogP contribution in [0.25, 0.3) is 0 Å². The molecule has 2 aromatic carbocycles. The maximum atomic E-state index is 13.1. The maximum Gasteiger partial charge on any atom is 0.243 e. The average molecular weight is 370 g/mol. The minimum Gasteiger partial charge on any atom is -0.454 e. The van der Waals surface area contributed by atoms with E-state index in [1.807, 2.05) is 0 Å². The second-order valence-corrected chi connectivity index (χ2v) is 6.70. The zero-order valence-corrected chi connectivity index (χ0v) is 14.5. The Bertz CT molecular complexity index is 865. The predicted octanol–water partition coefficient (Wildman–Crippen LogP) is 2.80. The summed E-state index contributed by atoms with van der Waals surface area (Å²) in [5.41, 5.74) is 1.34. The molecule has 7 heteroatoms. The van der Waals surface area contributed by atoms with E-state index >= 15 is 0 Å². The Morgan fingerprint density at radius 3 is 2.56 bits per heavy atom. The minimum absolute atomic E-state index is 0.141. The number of anilines is 1. The van der Waals surface area contributed by atoms with Crippen molar-refractivity contribution in [1.82, 2.24) is 5.32 Å². The standard InChI is InChI=1S/C20H19FN2O4/c21-14-5-3-13(4-6-14)19(12-1-2-12)20(25)22-10-18(24)23-15-7-8-16-17(9-15)27-11-26-16/h3-9,12,19H,1-2,10-11H2,(H,22,25)(H,23,24). The monoisotopic (exact) mass is 370 g/mol. The van der Waals surface area contributed by atoms with Crippen LogP contribution in [0.2, 0.25) is 0 Å². The summed E-state index contributed by atoms with van der Waals surface area (Å²) in [5.74, 6) is 0.198. The first-order chi connectivity index (χ1) is 13.1. The van der Waals surface area contributed by atoms with Crippen LogP contribution in [0.3, 0.4) is 0 Å². The van der Waals surface area contributed by atoms with Gasteiger partial charge in [0.2, 0.25) is 18.6 Å². The summed E-state index contributed by atoms with van der Waals surface area (Å²) in [4.78, 5) is 24.8. The van der Waals surface area contributed by atoms with Gasteiger partial charge < -0.3 is 20.1 Å². The van der Waals surface area contributed by atoms with E-state index < -0.39 is 0 Å². The van der Waals surface area contributed by atoms with Gasteiger partial charge in [0.15, 0.2) is 11.5 Å². The fraction of sp³-hybridized carbons (Fsp3) is 0.300. The summed E-state index contributed by atoms with van der Waals surface area (Å²) in [5, 5.41) is 5.41. The molecule has 0 bridgehead atoms. The van der Waals surface area contributed by atoms with Gasteiger partial charge in [-0.05, 0) is 48.6 Å². The molecule has 2 aromatic rings. The third kappa shape index (κ3) is 4.02. The molecule has 1 fully saturated rings. The predicted molar refractivity (Wildman–Crippen MR) is 96.1 cm³/mol. The molecule has 6 nitrogen and oxygen atoms in total. The molecule has 4 rings (SSSR count). The maximum absolute atomic E-state index is 13.1. The molecule has 0 saturated heterocycles. The summed E-state index contributed by atoms with van der Waals surface area (Å²) in [6.45, 7) is 0.0203. The fourth-order valence-electron chi connectivity index (χ4n) is 3.19. The second-order valence-electron chi connectivity index (χ2n) is 6.70. The van der Waals surface area contributed by atoms with E-state index in [9.17, 15) is 14.0 Å². The fourth-order valence-corrected chi connectivity index (χ4v) is 3.19. The smallest absolute Gasteiger partial charge is 0.243 e. The number of carbonyl (C=O) groups is 2. The number of benzene rings is 2. The Morgan fingerprint density at radius 2 is 1.81 bits per heavy atom. The van der Waals surface area contributed by atoms with Crippen molar-refractivity contribution in [3.63, 3.8) is 0 Å². The van der Waals surface area contributed by atoms with E-state index in [-0.39, 0.29) is 42.8 Å². The second kappa shape index (κ2) is 7.26. The molecule has 1 unspecified atom stereocenters. The molecular formula is C20H19FN2O4. The lowest BCUT2D eigenvalue weighted by Crippen LogP contribution is -2.36. The van der Waals surface area contributed by atoms with Crippen molar-refractivity contribution >= 4 is 17.5 Å². The average Bonchev–Trinajstić information content (AvgIpc) is 3.38. The Labute approximate surface area is 155 Å². The number of nitrogens with one attached hydrogen (secondary N) is 2. The third-order valence-corrected chi connectivity index (χ3v) is 4.68. The number of rotatable bonds is 6. The number of carbonyl (C=O) groups excluding carboxylic acids is 2. The van der Waals surface area contributed by atoms with Crippen LogP contribution in [-0.4, -0.2) is 25.2 Å². The van der Waals surface area contributed by atoms with Crippen molar-refractivity contribution in [1.29, 1.82) is 0 Å². The van der Waals surface area contributed by atoms with Gasteiger partial charge >= 0.3 is 0 Å². The zero-order chi connectivity index (χ0) is 18.8. The van der Waals surface area contributed by atoms with E-state index in [1.54, 1.807) is 30.3 Å². The van der Waals surface area contributed by atoms with Crippen molar-refractivity contribution < 1.29 is 23.5 Å². The summed E-state index contributed by atoms with van der Waals surface area (Å²) >= 11 is 0. The van der Waals surface area contributed by atoms with Crippen LogP contribution in [-0.2, 0) is 9.59 Å². The van der Waals surface area contributed by atoms with E-state index in [1.165, 1.54) is 12.1 Å². The molecule has 1 heterocycles. The molecular weight excluding hydrogens is 351 g/mol. The number of hydrogen-bond acceptors (Lipinski definition) is 4. The van der Waals surface area contributed by atoms with E-state index in [0.29, 0.717) is 17.2 Å². The van der Waals surface area contributed by atoms with Crippen molar-refractivity contribution in [2.75, 3.05) is 18.7 Å². The highest BCUT2D eigenvalue weighted by Gasteiger charge is 2.37. The molecule has 1 atom stereocenters. The van der Waals surface area contributed by atoms with E-state index in [2.05, 4.69) is 10.6 Å². The molecule has 1 aliphatic carbocycles. The number of hydrogen-bond donors (Lipinski definition) is 2. The highest BCUT2D eigenvalue weighted by Crippen LogP contribution is 2.42. The lowest BCUT2D eigenvalue weighted by molar-refractivity contribution is -0.125. The number of ether oxygens (including phenoxy) is 2. The summed E-state index contributed by atoms with van der Waals surface area (Å²) in [6, 6.07) is 11.1. The van der Waals surface area contributed by atoms with Gasteiger partial charge in [-0.25, -0.2) is 4.39 Å². The van der Waals surface area contributed by atoms with E-state index in [4.69, 9.17) is 9.47 Å². The van der Waals surface area contributed by atoms with Gasteiger partial charge in [0.05, 0.1) is 12.5 Å². The highest BCUT2D eigenvalue weighted by atomic mass is 19.1. The largest absolute Gasteiger partial charge is 0.454 e. The minimum atomic E-state index is -0.357. The summed E-state index contributed by atoms with van der Waals surface area (Å²) in [6.07, 6.45) is 1.91. The summed E-state index contributed by atoms with van der Waals surface area (Å²) in [7, 11) is 0. The van der Waals surface area contributed by atoms with Gasteiger partial charge in [-0.1, -0.05) is 12.1 Å². The van der Waals surface area contributed by atoms with Gasteiger partial charge in [-0.15, -0.1) is 0 Å². The molecule has 0 radical (unpaired) electrons. The van der Waals surface area contributed by atoms with Crippen molar-refractivity contribution in [3.8, 4) is 11.5 Å². The molecule has 2 N–H and O–H groups in total. The Morgan fingerprint density at radius 1 is 1.07 bits per heavy atom. The van der Waals surface area contributed by atoms with Crippen LogP contribution in [0, 0.1) is 11.7 Å². The normalized spacial score (nSPS) is 15.9. The number of amides is 2. The van der Waals surface area contributed by atoms with Gasteiger partial charge in [0.1, 0.15) is 5.82 Å². The van der Waals surface area contributed by atoms with Gasteiger partial charge in [0.25, 0.3) is 0 Å². The van der Waals surface area contributed by atoms with Crippen molar-refractivity contribution in [2.45, 2.75) is 18.8 Å². The molecule has 2 aliphatic rings. The lowest BCUT2D eigenvalue weighted by Gasteiger charge is -2.16. The topological polar surface area (TPSA) is 76.7 Å². The Kier molecular flexibility index (Phi) is 4.66. The van der Waals surface area contributed by atoms with E-state index in [0.717, 1.165) is 18.4 Å². The van der Waals surface area contributed by atoms with Crippen molar-refractivity contribution in [2.24, 2.45) is 5.92 Å². The zero-order valence-electron chi connectivity index (χ0n) is 14.5. The van der Waals surface area contributed by atoms with Gasteiger partial charge in [-0.2, -0.15) is 0 Å². The summed E-state index contributed by atoms with van der Waals surface area (Å²) < 4.78 is 23.6. The number of fused-ring (bicyclic) bond motifs is 1. The van der Waals surface area contributed by atoms with Crippen LogP contribution in [0.1, 0.15) is 24.3 Å². The van der Waals surface area contributed by atoms with Crippen LogP contribution < -0.4 is 20.1 Å². The number of halogens is 1. The first-order valence-corrected chi connectivity index (χ1v) is 8.83.